The van der Waals surface area contributed by atoms with Crippen LogP contribution in [0.15, 0.2) is 151 Å². The van der Waals surface area contributed by atoms with Gasteiger partial charge in [-0.1, -0.05) is 121 Å². The Morgan fingerprint density at radius 3 is 1.91 bits per heavy atom. The van der Waals surface area contributed by atoms with E-state index in [-0.39, 0.29) is 67.7 Å². The fourth-order valence-corrected chi connectivity index (χ4v) is 9.10. The minimum absolute atomic E-state index is 0.0187. The van der Waals surface area contributed by atoms with Gasteiger partial charge in [0, 0.05) is 36.5 Å². The lowest BCUT2D eigenvalue weighted by Crippen LogP contribution is -2.64. The van der Waals surface area contributed by atoms with Crippen molar-refractivity contribution >= 4 is 58.0 Å². The second-order valence-corrected chi connectivity index (χ2v) is 17.7. The Balaban J connectivity index is 1.16. The highest BCUT2D eigenvalue weighted by atomic mass is 16.2. The number of H-pyrrole nitrogens is 1. The van der Waals surface area contributed by atoms with E-state index in [9.17, 15) is 28.8 Å². The molecule has 6 amide bonds. The number of nitrogens with two attached hydrogens (primary N) is 3. The Morgan fingerprint density at radius 1 is 0.643 bits per heavy atom. The number of aromatic nitrogens is 1. The smallest absolute Gasteiger partial charge is 0.250 e. The minimum atomic E-state index is -1.35. The van der Waals surface area contributed by atoms with Crippen molar-refractivity contribution in [2.24, 2.45) is 22.2 Å². The normalized spacial score (nSPS) is 16.7. The summed E-state index contributed by atoms with van der Waals surface area (Å²) in [6.45, 7) is 0.129. The van der Waals surface area contributed by atoms with Crippen molar-refractivity contribution in [2.75, 3.05) is 11.9 Å². The van der Waals surface area contributed by atoms with E-state index in [4.69, 9.17) is 17.2 Å². The van der Waals surface area contributed by atoms with Gasteiger partial charge in [0.15, 0.2) is 5.96 Å². The second-order valence-electron chi connectivity index (χ2n) is 17.7. The standard InChI is InChI=1S/C54H60N10O6/c55-48(66)41-22-11-13-24-43(41)60-51(69)46(33-39-34-59-42-23-12-10-21-40(39)42)62-49(67)44(25-14-30-58-53(56)57)61-50(68)45(31-35-15-4-1-5-16-35)63-52(70)54(64-47(65)32-36-17-6-2-7-18-36)28-26-38(27-29-54)37-19-8-3-9-20-37/h1-13,15-24,34,38,44-46,59H,14,25-33H2,(H2,55,66)(H,60,69)(H,61,68)(H,62,67)(H,63,70)(H,64,65)(H4,56,57,58)/t38?,44-,45+,46-,54?/m0/s1. The maximum absolute atomic E-state index is 14.9. The highest BCUT2D eigenvalue weighted by Gasteiger charge is 2.45. The van der Waals surface area contributed by atoms with Crippen LogP contribution in [0.5, 0.6) is 0 Å². The molecule has 0 aliphatic heterocycles. The maximum Gasteiger partial charge on any atom is 0.250 e. The first kappa shape index (κ1) is 49.6. The van der Waals surface area contributed by atoms with Crippen LogP contribution in [-0.4, -0.2) is 76.6 Å². The number of fused-ring (bicyclic) bond motifs is 1. The van der Waals surface area contributed by atoms with Gasteiger partial charge in [0.25, 0.3) is 5.91 Å². The molecule has 16 nitrogen and oxygen atoms in total. The van der Waals surface area contributed by atoms with E-state index in [2.05, 4.69) is 48.7 Å². The molecule has 1 aliphatic rings. The van der Waals surface area contributed by atoms with Crippen LogP contribution in [0.1, 0.15) is 77.1 Å². The molecule has 0 bridgehead atoms. The van der Waals surface area contributed by atoms with E-state index < -0.39 is 53.2 Å². The average Bonchev–Trinajstić information content (AvgIpc) is 3.77. The highest BCUT2D eigenvalue weighted by molar-refractivity contribution is 6.05. The molecule has 70 heavy (non-hydrogen) atoms. The first-order chi connectivity index (χ1) is 33.9. The number of nitrogens with zero attached hydrogens (tertiary/aromatic N) is 1. The molecule has 0 spiro atoms. The van der Waals surface area contributed by atoms with Crippen LogP contribution in [-0.2, 0) is 43.2 Å². The number of hydrogen-bond acceptors (Lipinski definition) is 7. The summed E-state index contributed by atoms with van der Waals surface area (Å²) < 4.78 is 0. The fraction of sp³-hybridized carbons (Fsp3) is 0.278. The zero-order valence-corrected chi connectivity index (χ0v) is 38.9. The third kappa shape index (κ3) is 13.2. The van der Waals surface area contributed by atoms with Gasteiger partial charge >= 0.3 is 0 Å². The summed E-state index contributed by atoms with van der Waals surface area (Å²) in [4.78, 5) is 92.0. The predicted molar refractivity (Wildman–Crippen MR) is 270 cm³/mol. The van der Waals surface area contributed by atoms with Crippen LogP contribution >= 0.6 is 0 Å². The number of para-hydroxylation sites is 2. The topological polar surface area (TPSA) is 269 Å². The lowest BCUT2D eigenvalue weighted by Gasteiger charge is -2.40. The van der Waals surface area contributed by atoms with Crippen molar-refractivity contribution in [1.29, 1.82) is 0 Å². The van der Waals surface area contributed by atoms with E-state index in [0.717, 1.165) is 33.2 Å². The van der Waals surface area contributed by atoms with Gasteiger partial charge in [0.05, 0.1) is 17.7 Å². The van der Waals surface area contributed by atoms with Gasteiger partial charge in [0.2, 0.25) is 29.5 Å². The quantitative estimate of drug-likeness (QED) is 0.0278. The largest absolute Gasteiger partial charge is 0.370 e. The molecule has 1 aliphatic carbocycles. The summed E-state index contributed by atoms with van der Waals surface area (Å²) in [7, 11) is 0. The number of aromatic amines is 1. The van der Waals surface area contributed by atoms with Crippen molar-refractivity contribution in [3.8, 4) is 0 Å². The molecule has 0 radical (unpaired) electrons. The third-order valence-corrected chi connectivity index (χ3v) is 12.8. The number of carbonyl (C=O) groups is 6. The molecular weight excluding hydrogens is 885 g/mol. The number of amides is 6. The van der Waals surface area contributed by atoms with Crippen LogP contribution in [0, 0.1) is 0 Å². The van der Waals surface area contributed by atoms with Crippen molar-refractivity contribution in [3.63, 3.8) is 0 Å². The van der Waals surface area contributed by atoms with Crippen LogP contribution < -0.4 is 43.8 Å². The number of aliphatic imine (C=N–C) groups is 1. The minimum Gasteiger partial charge on any atom is -0.370 e. The van der Waals surface area contributed by atoms with E-state index in [1.165, 1.54) is 12.1 Å². The zero-order chi connectivity index (χ0) is 49.5. The highest BCUT2D eigenvalue weighted by Crippen LogP contribution is 2.38. The summed E-state index contributed by atoms with van der Waals surface area (Å²) in [6.07, 6.45) is 4.01. The Bertz CT molecular complexity index is 2790. The number of nitrogens with one attached hydrogen (secondary N) is 6. The molecule has 7 rings (SSSR count). The van der Waals surface area contributed by atoms with Gasteiger partial charge < -0.3 is 48.8 Å². The van der Waals surface area contributed by atoms with Gasteiger partial charge in [-0.2, -0.15) is 0 Å². The van der Waals surface area contributed by atoms with E-state index in [1.807, 2.05) is 103 Å². The number of guanidine groups is 1. The van der Waals surface area contributed by atoms with Crippen LogP contribution in [0.25, 0.3) is 10.9 Å². The van der Waals surface area contributed by atoms with Gasteiger partial charge in [0.1, 0.15) is 23.7 Å². The number of primary amides is 1. The third-order valence-electron chi connectivity index (χ3n) is 12.8. The molecule has 0 unspecified atom stereocenters. The molecule has 1 saturated carbocycles. The predicted octanol–water partition coefficient (Wildman–Crippen LogP) is 4.65. The molecule has 16 heteroatoms. The second kappa shape index (κ2) is 23.6. The summed E-state index contributed by atoms with van der Waals surface area (Å²) in [5.41, 5.74) is 20.0. The Morgan fingerprint density at radius 2 is 1.23 bits per heavy atom. The fourth-order valence-electron chi connectivity index (χ4n) is 9.10. The van der Waals surface area contributed by atoms with E-state index in [0.29, 0.717) is 25.7 Å². The number of anilines is 1. The number of carbonyl (C=O) groups excluding carboxylic acids is 6. The molecule has 362 valence electrons. The number of rotatable bonds is 21. The van der Waals surface area contributed by atoms with Gasteiger partial charge in [-0.05, 0) is 84.9 Å². The summed E-state index contributed by atoms with van der Waals surface area (Å²) >= 11 is 0. The SMILES string of the molecule is NC(=O)c1ccccc1NC(=O)[C@H](Cc1c[nH]c2ccccc12)NC(=O)[C@H](CCCN=C(N)N)NC(=O)[C@@H](Cc1ccccc1)NC(=O)C1(NC(=O)Cc2ccccc2)CCC(c2ccccc2)CC1. The van der Waals surface area contributed by atoms with E-state index >= 15 is 0 Å². The monoisotopic (exact) mass is 944 g/mol. The molecule has 3 atom stereocenters. The van der Waals surface area contributed by atoms with Crippen molar-refractivity contribution < 1.29 is 28.8 Å². The first-order valence-corrected chi connectivity index (χ1v) is 23.5. The van der Waals surface area contributed by atoms with Crippen LogP contribution in [0.2, 0.25) is 0 Å². The van der Waals surface area contributed by atoms with Crippen molar-refractivity contribution in [3.05, 3.63) is 174 Å². The molecule has 1 heterocycles. The molecular formula is C54H60N10O6. The summed E-state index contributed by atoms with van der Waals surface area (Å²) in [6, 6.07) is 38.5. The molecule has 5 aromatic carbocycles. The number of hydrogen-bond donors (Lipinski definition) is 9. The van der Waals surface area contributed by atoms with Crippen molar-refractivity contribution in [2.45, 2.75) is 87.4 Å². The van der Waals surface area contributed by atoms with Gasteiger partial charge in [-0.3, -0.25) is 33.8 Å². The molecule has 1 aromatic heterocycles. The Kier molecular flexibility index (Phi) is 16.8. The van der Waals surface area contributed by atoms with Crippen LogP contribution in [0.4, 0.5) is 5.69 Å². The zero-order valence-electron chi connectivity index (χ0n) is 38.9. The van der Waals surface area contributed by atoms with Crippen LogP contribution in [0.3, 0.4) is 0 Å². The molecule has 0 saturated heterocycles. The van der Waals surface area contributed by atoms with Gasteiger partial charge in [-0.15, -0.1) is 0 Å². The maximum atomic E-state index is 14.9. The molecule has 12 N–H and O–H groups in total. The Labute approximate surface area is 406 Å². The van der Waals surface area contributed by atoms with Crippen molar-refractivity contribution in [1.82, 2.24) is 26.3 Å². The summed E-state index contributed by atoms with van der Waals surface area (Å²) in [5, 5.41) is 15.5. The van der Waals surface area contributed by atoms with Gasteiger partial charge in [-0.25, -0.2) is 0 Å². The lowest BCUT2D eigenvalue weighted by molar-refractivity contribution is -0.138. The summed E-state index contributed by atoms with van der Waals surface area (Å²) in [5.74, 6) is -3.60. The Hall–Kier alpha value is -8.27. The number of benzene rings is 5. The van der Waals surface area contributed by atoms with E-state index in [1.54, 1.807) is 18.3 Å². The molecule has 6 aromatic rings. The first-order valence-electron chi connectivity index (χ1n) is 23.5. The lowest BCUT2D eigenvalue weighted by atomic mass is 9.73. The average molecular weight is 945 g/mol. The molecule has 1 fully saturated rings.